The van der Waals surface area contributed by atoms with Crippen molar-refractivity contribution in [1.29, 1.82) is 0 Å². The van der Waals surface area contributed by atoms with Crippen LogP contribution in [-0.4, -0.2) is 11.3 Å². The van der Waals surface area contributed by atoms with Crippen LogP contribution in [0.25, 0.3) is 0 Å². The van der Waals surface area contributed by atoms with Crippen LogP contribution in [0.2, 0.25) is 0 Å². The molecule has 0 radical (unpaired) electrons. The molecular weight excluding hydrogens is 194 g/mol. The van der Waals surface area contributed by atoms with Gasteiger partial charge in [-0.3, -0.25) is 4.79 Å². The Hall–Kier alpha value is -0.540. The standard InChI is InChI=1S/C8H10ClNOS/c1-6(9)8(11)10-5-7-3-2-4-12-7/h2-4,6H,5H2,1H3,(H,10,11)/t6-/m0/s1. The van der Waals surface area contributed by atoms with E-state index in [2.05, 4.69) is 5.32 Å². The number of alkyl halides is 1. The molecule has 1 amide bonds. The van der Waals surface area contributed by atoms with Crippen LogP contribution in [0.1, 0.15) is 11.8 Å². The summed E-state index contributed by atoms with van der Waals surface area (Å²) >= 11 is 7.18. The Bertz CT molecular complexity index is 246. The van der Waals surface area contributed by atoms with Crippen LogP contribution < -0.4 is 5.32 Å². The number of halogens is 1. The van der Waals surface area contributed by atoms with Gasteiger partial charge in [-0.05, 0) is 18.4 Å². The largest absolute Gasteiger partial charge is 0.350 e. The van der Waals surface area contributed by atoms with E-state index in [0.29, 0.717) is 6.54 Å². The molecule has 0 aliphatic carbocycles. The summed E-state index contributed by atoms with van der Waals surface area (Å²) in [6, 6.07) is 3.93. The Labute approximate surface area is 80.5 Å². The maximum atomic E-state index is 11.0. The Morgan fingerprint density at radius 1 is 1.83 bits per heavy atom. The maximum absolute atomic E-state index is 11.0. The first-order valence-electron chi connectivity index (χ1n) is 3.64. The molecule has 0 spiro atoms. The summed E-state index contributed by atoms with van der Waals surface area (Å²) in [4.78, 5) is 12.1. The number of carbonyl (C=O) groups is 1. The van der Waals surface area contributed by atoms with Gasteiger partial charge < -0.3 is 5.32 Å². The molecule has 0 unspecified atom stereocenters. The minimum absolute atomic E-state index is 0.120. The molecule has 0 aliphatic rings. The fourth-order valence-corrected chi connectivity index (χ4v) is 1.45. The van der Waals surface area contributed by atoms with Crippen molar-refractivity contribution in [2.75, 3.05) is 0 Å². The van der Waals surface area contributed by atoms with Crippen LogP contribution in [0, 0.1) is 0 Å². The first-order chi connectivity index (χ1) is 5.70. The smallest absolute Gasteiger partial charge is 0.238 e. The Kier molecular flexibility index (Phi) is 3.56. The fourth-order valence-electron chi connectivity index (χ4n) is 0.728. The minimum Gasteiger partial charge on any atom is -0.350 e. The van der Waals surface area contributed by atoms with E-state index in [4.69, 9.17) is 11.6 Å². The Morgan fingerprint density at radius 2 is 2.58 bits per heavy atom. The molecule has 0 saturated carbocycles. The number of thiophene rings is 1. The fraction of sp³-hybridized carbons (Fsp3) is 0.375. The highest BCUT2D eigenvalue weighted by molar-refractivity contribution is 7.09. The van der Waals surface area contributed by atoms with Gasteiger partial charge in [0.15, 0.2) is 0 Å². The van der Waals surface area contributed by atoms with Crippen molar-refractivity contribution in [3.05, 3.63) is 22.4 Å². The quantitative estimate of drug-likeness (QED) is 0.749. The zero-order valence-electron chi connectivity index (χ0n) is 6.71. The summed E-state index contributed by atoms with van der Waals surface area (Å²) < 4.78 is 0. The second kappa shape index (κ2) is 4.48. The van der Waals surface area contributed by atoms with Crippen LogP contribution in [-0.2, 0) is 11.3 Å². The molecule has 1 rings (SSSR count). The lowest BCUT2D eigenvalue weighted by molar-refractivity contribution is -0.120. The first-order valence-corrected chi connectivity index (χ1v) is 4.96. The van der Waals surface area contributed by atoms with Crippen molar-refractivity contribution in [3.63, 3.8) is 0 Å². The minimum atomic E-state index is -0.454. The number of hydrogen-bond donors (Lipinski definition) is 1. The lowest BCUT2D eigenvalue weighted by Crippen LogP contribution is -2.28. The summed E-state index contributed by atoms with van der Waals surface area (Å²) in [5, 5.41) is 4.25. The summed E-state index contributed by atoms with van der Waals surface area (Å²) in [5.41, 5.74) is 0. The van der Waals surface area contributed by atoms with Crippen molar-refractivity contribution in [2.45, 2.75) is 18.8 Å². The number of hydrogen-bond acceptors (Lipinski definition) is 2. The highest BCUT2D eigenvalue weighted by Gasteiger charge is 2.07. The third-order valence-electron chi connectivity index (χ3n) is 1.38. The molecule has 0 saturated heterocycles. The van der Waals surface area contributed by atoms with Gasteiger partial charge in [-0.15, -0.1) is 22.9 Å². The predicted molar refractivity (Wildman–Crippen MR) is 51.5 cm³/mol. The topological polar surface area (TPSA) is 29.1 Å². The van der Waals surface area contributed by atoms with E-state index in [1.54, 1.807) is 18.3 Å². The predicted octanol–water partition coefficient (Wildman–Crippen LogP) is 1.99. The monoisotopic (exact) mass is 203 g/mol. The van der Waals surface area contributed by atoms with Gasteiger partial charge in [-0.25, -0.2) is 0 Å². The van der Waals surface area contributed by atoms with Gasteiger partial charge in [0.1, 0.15) is 5.38 Å². The van der Waals surface area contributed by atoms with Crippen LogP contribution in [0.4, 0.5) is 0 Å². The Morgan fingerprint density at radius 3 is 3.08 bits per heavy atom. The molecular formula is C8H10ClNOS. The second-order valence-electron chi connectivity index (χ2n) is 2.41. The lowest BCUT2D eigenvalue weighted by atomic mass is 10.4. The van der Waals surface area contributed by atoms with E-state index < -0.39 is 5.38 Å². The molecule has 66 valence electrons. The maximum Gasteiger partial charge on any atom is 0.238 e. The zero-order valence-corrected chi connectivity index (χ0v) is 8.28. The molecule has 1 N–H and O–H groups in total. The lowest BCUT2D eigenvalue weighted by Gasteiger charge is -2.03. The average Bonchev–Trinajstić information content (AvgIpc) is 2.51. The third kappa shape index (κ3) is 2.83. The number of carbonyl (C=O) groups excluding carboxylic acids is 1. The molecule has 2 nitrogen and oxygen atoms in total. The molecule has 1 heterocycles. The second-order valence-corrected chi connectivity index (χ2v) is 4.10. The van der Waals surface area contributed by atoms with E-state index in [1.165, 1.54) is 0 Å². The Balaban J connectivity index is 2.32. The summed E-state index contributed by atoms with van der Waals surface area (Å²) in [6.45, 7) is 2.23. The van der Waals surface area contributed by atoms with E-state index >= 15 is 0 Å². The molecule has 0 aliphatic heterocycles. The summed E-state index contributed by atoms with van der Waals surface area (Å²) in [5.74, 6) is -0.120. The van der Waals surface area contributed by atoms with Crippen LogP contribution in [0.3, 0.4) is 0 Å². The van der Waals surface area contributed by atoms with Crippen LogP contribution in [0.15, 0.2) is 17.5 Å². The average molecular weight is 204 g/mol. The van der Waals surface area contributed by atoms with Crippen molar-refractivity contribution < 1.29 is 4.79 Å². The van der Waals surface area contributed by atoms with E-state index in [0.717, 1.165) is 4.88 Å². The first kappa shape index (κ1) is 9.55. The highest BCUT2D eigenvalue weighted by Crippen LogP contribution is 2.07. The van der Waals surface area contributed by atoms with Gasteiger partial charge in [0, 0.05) is 4.88 Å². The molecule has 1 aromatic heterocycles. The SMILES string of the molecule is C[C@H](Cl)C(=O)NCc1cccs1. The molecule has 4 heteroatoms. The van der Waals surface area contributed by atoms with E-state index in [-0.39, 0.29) is 5.91 Å². The molecule has 0 fully saturated rings. The highest BCUT2D eigenvalue weighted by atomic mass is 35.5. The van der Waals surface area contributed by atoms with Crippen LogP contribution in [0.5, 0.6) is 0 Å². The van der Waals surface area contributed by atoms with E-state index in [1.807, 2.05) is 17.5 Å². The molecule has 1 aromatic rings. The van der Waals surface area contributed by atoms with Crippen molar-refractivity contribution in [3.8, 4) is 0 Å². The van der Waals surface area contributed by atoms with Gasteiger partial charge in [-0.2, -0.15) is 0 Å². The van der Waals surface area contributed by atoms with Gasteiger partial charge in [0.25, 0.3) is 0 Å². The summed E-state index contributed by atoms with van der Waals surface area (Å²) in [7, 11) is 0. The van der Waals surface area contributed by atoms with Gasteiger partial charge in [0.2, 0.25) is 5.91 Å². The molecule has 0 bridgehead atoms. The van der Waals surface area contributed by atoms with Gasteiger partial charge in [-0.1, -0.05) is 6.07 Å². The molecule has 1 atom stereocenters. The van der Waals surface area contributed by atoms with Crippen LogP contribution >= 0.6 is 22.9 Å². The number of amides is 1. The van der Waals surface area contributed by atoms with Crippen molar-refractivity contribution in [1.82, 2.24) is 5.32 Å². The number of rotatable bonds is 3. The van der Waals surface area contributed by atoms with E-state index in [9.17, 15) is 4.79 Å². The third-order valence-corrected chi connectivity index (χ3v) is 2.45. The number of nitrogens with one attached hydrogen (secondary N) is 1. The molecule has 12 heavy (non-hydrogen) atoms. The van der Waals surface area contributed by atoms with Crippen molar-refractivity contribution >= 4 is 28.8 Å². The summed E-state index contributed by atoms with van der Waals surface area (Å²) in [6.07, 6.45) is 0. The normalized spacial score (nSPS) is 12.5. The van der Waals surface area contributed by atoms with Gasteiger partial charge in [0.05, 0.1) is 6.54 Å². The molecule has 0 aromatic carbocycles. The zero-order chi connectivity index (χ0) is 8.97. The van der Waals surface area contributed by atoms with Gasteiger partial charge >= 0.3 is 0 Å². The van der Waals surface area contributed by atoms with Crippen molar-refractivity contribution in [2.24, 2.45) is 0 Å².